The van der Waals surface area contributed by atoms with Crippen LogP contribution in [-0.2, 0) is 11.2 Å². The Bertz CT molecular complexity index is 725. The number of rotatable bonds is 2. The molecule has 2 nitrogen and oxygen atoms in total. The van der Waals surface area contributed by atoms with Crippen molar-refractivity contribution in [2.24, 2.45) is 34.5 Å². The highest BCUT2D eigenvalue weighted by Gasteiger charge is 2.59. The number of hydrogen-bond donors (Lipinski definition) is 1. The Morgan fingerprint density at radius 3 is 2.85 bits per heavy atom. The van der Waals surface area contributed by atoms with Crippen LogP contribution in [0, 0.1) is 34.5 Å². The summed E-state index contributed by atoms with van der Waals surface area (Å²) in [5.74, 6) is 3.46. The highest BCUT2D eigenvalue weighted by atomic mass is 32.1. The second kappa shape index (κ2) is 5.95. The maximum absolute atomic E-state index is 11.9. The van der Waals surface area contributed by atoms with E-state index in [-0.39, 0.29) is 11.3 Å². The Morgan fingerprint density at radius 2 is 2.04 bits per heavy atom. The van der Waals surface area contributed by atoms with E-state index in [4.69, 9.17) is 0 Å². The normalized spacial score (nSPS) is 47.0. The van der Waals surface area contributed by atoms with Crippen LogP contribution in [0.25, 0.3) is 0 Å². The highest BCUT2D eigenvalue weighted by molar-refractivity contribution is 7.09. The van der Waals surface area contributed by atoms with Gasteiger partial charge >= 0.3 is 0 Å². The third-order valence-corrected chi connectivity index (χ3v) is 9.81. The Hall–Kier alpha value is -1.09. The molecule has 0 radical (unpaired) electrons. The maximum Gasteiger partial charge on any atom is 0.243 e. The van der Waals surface area contributed by atoms with Crippen molar-refractivity contribution in [1.82, 2.24) is 5.32 Å². The molecule has 1 aromatic rings. The minimum Gasteiger partial charge on any atom is -0.349 e. The van der Waals surface area contributed by atoms with Gasteiger partial charge in [0.1, 0.15) is 0 Å². The smallest absolute Gasteiger partial charge is 0.243 e. The lowest BCUT2D eigenvalue weighted by molar-refractivity contribution is -0.122. The molecule has 0 spiro atoms. The van der Waals surface area contributed by atoms with Gasteiger partial charge in [0.2, 0.25) is 5.91 Å². The fourth-order valence-electron chi connectivity index (χ4n) is 7.45. The van der Waals surface area contributed by atoms with Gasteiger partial charge in [0, 0.05) is 16.3 Å². The molecule has 2 unspecified atom stereocenters. The van der Waals surface area contributed by atoms with Gasteiger partial charge in [-0.2, -0.15) is 0 Å². The first-order valence-electron chi connectivity index (χ1n) is 10.5. The number of amides is 1. The fourth-order valence-corrected chi connectivity index (χ4v) is 8.24. The monoisotopic (exact) mass is 369 g/mol. The minimum absolute atomic E-state index is 0.114. The molecule has 1 aliphatic heterocycles. The molecule has 5 rings (SSSR count). The summed E-state index contributed by atoms with van der Waals surface area (Å²) in [5, 5.41) is 5.50. The van der Waals surface area contributed by atoms with E-state index in [1.807, 2.05) is 11.3 Å². The van der Waals surface area contributed by atoms with Crippen molar-refractivity contribution in [2.45, 2.75) is 64.8 Å². The van der Waals surface area contributed by atoms with Crippen molar-refractivity contribution >= 4 is 17.2 Å². The van der Waals surface area contributed by atoms with Crippen LogP contribution in [0.3, 0.4) is 0 Å². The predicted octanol–water partition coefficient (Wildman–Crippen LogP) is 5.20. The number of hydrogen-bond acceptors (Lipinski definition) is 2. The van der Waals surface area contributed by atoms with Gasteiger partial charge in [-0.1, -0.05) is 26.0 Å². The summed E-state index contributed by atoms with van der Waals surface area (Å²) in [5.41, 5.74) is 0.694. The third-order valence-electron chi connectivity index (χ3n) is 8.91. The molecule has 3 heteroatoms. The van der Waals surface area contributed by atoms with Gasteiger partial charge in [-0.25, -0.2) is 0 Å². The molecule has 2 heterocycles. The average Bonchev–Trinajstić information content (AvgIpc) is 3.24. The quantitative estimate of drug-likeness (QED) is 0.762. The summed E-state index contributed by atoms with van der Waals surface area (Å²) in [6, 6.07) is 4.89. The van der Waals surface area contributed by atoms with E-state index >= 15 is 0 Å². The molecule has 1 aromatic heterocycles. The van der Waals surface area contributed by atoms with Crippen LogP contribution in [0.4, 0.5) is 0 Å². The van der Waals surface area contributed by atoms with E-state index in [2.05, 4.69) is 42.8 Å². The molecule has 3 fully saturated rings. The summed E-state index contributed by atoms with van der Waals surface area (Å²) in [7, 11) is 0. The summed E-state index contributed by atoms with van der Waals surface area (Å²) in [6.45, 7) is 5.04. The Kier molecular flexibility index (Phi) is 3.90. The molecule has 0 aromatic carbocycles. The molecule has 0 bridgehead atoms. The molecule has 140 valence electrons. The lowest BCUT2D eigenvalue weighted by Gasteiger charge is -2.59. The lowest BCUT2D eigenvalue weighted by atomic mass is 9.48. The molecule has 1 N–H and O–H groups in total. The average molecular weight is 370 g/mol. The van der Waals surface area contributed by atoms with Crippen molar-refractivity contribution < 1.29 is 4.79 Å². The summed E-state index contributed by atoms with van der Waals surface area (Å²) < 4.78 is 0. The number of thiophene rings is 1. The van der Waals surface area contributed by atoms with Gasteiger partial charge in [0.15, 0.2) is 0 Å². The van der Waals surface area contributed by atoms with Crippen LogP contribution >= 0.6 is 11.3 Å². The third kappa shape index (κ3) is 2.38. The first-order valence-corrected chi connectivity index (χ1v) is 11.4. The second-order valence-electron chi connectivity index (χ2n) is 9.82. The molecule has 0 saturated heterocycles. The number of carbonyl (C=O) groups is 1. The van der Waals surface area contributed by atoms with E-state index in [0.717, 1.165) is 30.1 Å². The zero-order chi connectivity index (χ0) is 17.9. The Labute approximate surface area is 161 Å². The summed E-state index contributed by atoms with van der Waals surface area (Å²) in [4.78, 5) is 13.4. The van der Waals surface area contributed by atoms with Crippen LogP contribution < -0.4 is 5.32 Å². The van der Waals surface area contributed by atoms with Crippen LogP contribution in [0.15, 0.2) is 29.7 Å². The van der Waals surface area contributed by atoms with Gasteiger partial charge in [0.05, 0.1) is 0 Å². The maximum atomic E-state index is 11.9. The number of nitrogens with one attached hydrogen (secondary N) is 1. The molecular formula is C23H31NOS. The fraction of sp³-hybridized carbons (Fsp3) is 0.696. The standard InChI is InChI=1S/C23H31NOS/c1-22-11-9-19-17(6-8-20-23(19,2)12-10-21(25)24-20)18(22)7-5-15(22)14-16-4-3-13-26-16/h3-4,10,12-13,15,17-20H,5-9,11,14H2,1-2H3,(H,24,25)/t15?,17-,18-,19+,20?,22+,23+/m0/s1. The minimum atomic E-state index is 0.114. The summed E-state index contributed by atoms with van der Waals surface area (Å²) >= 11 is 1.94. The van der Waals surface area contributed by atoms with Crippen LogP contribution in [0.1, 0.15) is 57.2 Å². The molecule has 1 amide bonds. The van der Waals surface area contributed by atoms with E-state index < -0.39 is 0 Å². The molecule has 4 aliphatic rings. The highest BCUT2D eigenvalue weighted by Crippen LogP contribution is 2.65. The van der Waals surface area contributed by atoms with Crippen molar-refractivity contribution in [3.8, 4) is 0 Å². The van der Waals surface area contributed by atoms with Gasteiger partial charge in [0.25, 0.3) is 0 Å². The zero-order valence-electron chi connectivity index (χ0n) is 16.0. The first kappa shape index (κ1) is 17.0. The van der Waals surface area contributed by atoms with Crippen LogP contribution in [-0.4, -0.2) is 11.9 Å². The second-order valence-corrected chi connectivity index (χ2v) is 10.8. The van der Waals surface area contributed by atoms with Gasteiger partial charge in [-0.05, 0) is 91.6 Å². The van der Waals surface area contributed by atoms with E-state index in [9.17, 15) is 4.79 Å². The van der Waals surface area contributed by atoms with Crippen molar-refractivity contribution in [3.63, 3.8) is 0 Å². The number of carbonyl (C=O) groups excluding carboxylic acids is 1. The van der Waals surface area contributed by atoms with Gasteiger partial charge in [-0.3, -0.25) is 4.79 Å². The SMILES string of the molecule is C[C@]12C=CC(=O)NC1CC[C@@H]1[C@H]2CC[C@]2(C)C(Cc3cccs3)CC[C@@H]12. The number of fused-ring (bicyclic) bond motifs is 5. The van der Waals surface area contributed by atoms with Crippen molar-refractivity contribution in [1.29, 1.82) is 0 Å². The van der Waals surface area contributed by atoms with E-state index in [1.165, 1.54) is 38.5 Å². The molecular weight excluding hydrogens is 338 g/mol. The van der Waals surface area contributed by atoms with Crippen LogP contribution in [0.5, 0.6) is 0 Å². The molecule has 3 saturated carbocycles. The van der Waals surface area contributed by atoms with E-state index in [1.54, 1.807) is 11.0 Å². The topological polar surface area (TPSA) is 29.1 Å². The molecule has 3 aliphatic carbocycles. The zero-order valence-corrected chi connectivity index (χ0v) is 16.9. The Balaban J connectivity index is 1.41. The van der Waals surface area contributed by atoms with Crippen molar-refractivity contribution in [3.05, 3.63) is 34.5 Å². The molecule has 26 heavy (non-hydrogen) atoms. The molecule has 7 atom stereocenters. The van der Waals surface area contributed by atoms with E-state index in [0.29, 0.717) is 11.5 Å². The van der Waals surface area contributed by atoms with Gasteiger partial charge in [-0.15, -0.1) is 11.3 Å². The predicted molar refractivity (Wildman–Crippen MR) is 107 cm³/mol. The van der Waals surface area contributed by atoms with Gasteiger partial charge < -0.3 is 5.32 Å². The van der Waals surface area contributed by atoms with Crippen molar-refractivity contribution in [2.75, 3.05) is 0 Å². The first-order chi connectivity index (χ1) is 12.5. The summed E-state index contributed by atoms with van der Waals surface area (Å²) in [6.07, 6.45) is 13.4. The largest absolute Gasteiger partial charge is 0.349 e. The lowest BCUT2D eigenvalue weighted by Crippen LogP contribution is -2.59. The van der Waals surface area contributed by atoms with Crippen LogP contribution in [0.2, 0.25) is 0 Å². The Morgan fingerprint density at radius 1 is 1.15 bits per heavy atom.